The maximum Gasteiger partial charge on any atom is 0.332 e. The minimum atomic E-state index is -1.08. The SMILES string of the molecule is C.Cn1c(=O)c2c(ncn2CC(=O)NCCc2ccccc2F)n(C)c1=O.Cn1c(=O)c2c(ncn2CC(=O)O)n(C)c1=O.NCCc1ccccc1F. The topological polar surface area (TPSA) is 216 Å². The van der Waals surface area contributed by atoms with Gasteiger partial charge in [-0.3, -0.25) is 37.4 Å². The summed E-state index contributed by atoms with van der Waals surface area (Å²) in [5.74, 6) is -1.89. The summed E-state index contributed by atoms with van der Waals surface area (Å²) < 4.78 is 33.2. The van der Waals surface area contributed by atoms with Crippen LogP contribution in [-0.4, -0.2) is 67.4 Å². The van der Waals surface area contributed by atoms with Crippen molar-refractivity contribution >= 4 is 34.2 Å². The number of rotatable bonds is 9. The molecule has 288 valence electrons. The molecule has 0 fully saturated rings. The number of nitrogens with two attached hydrogens (primary N) is 1. The monoisotopic (exact) mass is 752 g/mol. The lowest BCUT2D eigenvalue weighted by Gasteiger charge is -2.08. The quantitative estimate of drug-likeness (QED) is 0.185. The number of aliphatic carboxylic acids is 1. The highest BCUT2D eigenvalue weighted by Crippen LogP contribution is 2.08. The highest BCUT2D eigenvalue weighted by Gasteiger charge is 2.17. The van der Waals surface area contributed by atoms with Crippen molar-refractivity contribution in [2.75, 3.05) is 13.1 Å². The second kappa shape index (κ2) is 18.3. The first-order valence-electron chi connectivity index (χ1n) is 16.0. The predicted molar refractivity (Wildman–Crippen MR) is 197 cm³/mol. The standard InChI is InChI=1S/C17H18FN5O3.C9H10N4O4.C8H10FN.CH4/c1-21-15-14(16(25)22(2)17(21)26)23(10-20-15)9-13(24)19-8-7-11-5-3-4-6-12(11)18;1-11-7-6(8(16)12(2)9(11)17)13(4-10-7)3-5(14)15;9-8-4-2-1-3-7(8)5-6-10;/h3-6,10H,7-9H2,1-2H3,(H,19,24);4H,3H2,1-2H3,(H,14,15);1-4H,5-6,10H2;1H4. The molecule has 1 amide bonds. The number of amides is 1. The van der Waals surface area contributed by atoms with Gasteiger partial charge in [0.05, 0.1) is 12.7 Å². The Morgan fingerprint density at radius 3 is 1.56 bits per heavy atom. The van der Waals surface area contributed by atoms with Crippen molar-refractivity contribution in [3.8, 4) is 0 Å². The molecule has 0 unspecified atom stereocenters. The second-order valence-electron chi connectivity index (χ2n) is 11.7. The Balaban J connectivity index is 0.000000240. The maximum atomic E-state index is 13.6. The van der Waals surface area contributed by atoms with E-state index in [0.717, 1.165) is 9.13 Å². The molecule has 0 spiro atoms. The number of aryl methyl sites for hydroxylation is 2. The number of carbonyl (C=O) groups excluding carboxylic acids is 1. The summed E-state index contributed by atoms with van der Waals surface area (Å²) >= 11 is 0. The molecule has 0 bridgehead atoms. The zero-order valence-corrected chi connectivity index (χ0v) is 29.3. The van der Waals surface area contributed by atoms with E-state index in [0.29, 0.717) is 30.5 Å². The molecule has 6 aromatic rings. The summed E-state index contributed by atoms with van der Waals surface area (Å²) in [6, 6.07) is 13.1. The van der Waals surface area contributed by atoms with Crippen LogP contribution in [0.1, 0.15) is 18.6 Å². The summed E-state index contributed by atoms with van der Waals surface area (Å²) in [5.41, 5.74) is 5.12. The van der Waals surface area contributed by atoms with Gasteiger partial charge in [-0.2, -0.15) is 0 Å². The van der Waals surface area contributed by atoms with Crippen LogP contribution in [0.4, 0.5) is 8.78 Å². The van der Waals surface area contributed by atoms with Crippen LogP contribution < -0.4 is 33.5 Å². The molecule has 17 nitrogen and oxygen atoms in total. The van der Waals surface area contributed by atoms with Crippen LogP contribution in [0, 0.1) is 11.6 Å². The number of aromatic nitrogens is 8. The Kier molecular flexibility index (Phi) is 14.2. The Morgan fingerprint density at radius 2 is 1.13 bits per heavy atom. The fourth-order valence-electron chi connectivity index (χ4n) is 5.28. The van der Waals surface area contributed by atoms with E-state index in [2.05, 4.69) is 15.3 Å². The molecule has 4 heterocycles. The average molecular weight is 753 g/mol. The molecule has 6 rings (SSSR count). The lowest BCUT2D eigenvalue weighted by molar-refractivity contribution is -0.137. The molecule has 0 aliphatic rings. The van der Waals surface area contributed by atoms with Gasteiger partial charge in [0.25, 0.3) is 11.1 Å². The number of carboxylic acids is 1. The first-order chi connectivity index (χ1) is 25.2. The van der Waals surface area contributed by atoms with Crippen molar-refractivity contribution in [1.29, 1.82) is 0 Å². The number of hydrogen-bond donors (Lipinski definition) is 3. The van der Waals surface area contributed by atoms with E-state index in [-0.39, 0.29) is 66.9 Å². The van der Waals surface area contributed by atoms with Crippen molar-refractivity contribution in [3.63, 3.8) is 0 Å². The number of benzene rings is 2. The van der Waals surface area contributed by atoms with E-state index in [1.54, 1.807) is 30.3 Å². The van der Waals surface area contributed by atoms with Gasteiger partial charge in [-0.1, -0.05) is 43.8 Å². The zero-order chi connectivity index (χ0) is 39.0. The van der Waals surface area contributed by atoms with Crippen molar-refractivity contribution in [3.05, 3.63) is 126 Å². The Labute approximate surface area is 306 Å². The van der Waals surface area contributed by atoms with Gasteiger partial charge in [-0.05, 0) is 42.6 Å². The molecule has 0 radical (unpaired) electrons. The molecule has 4 aromatic heterocycles. The first-order valence-corrected chi connectivity index (χ1v) is 16.0. The van der Waals surface area contributed by atoms with Crippen LogP contribution in [-0.2, 0) is 63.7 Å². The number of hydrogen-bond acceptors (Lipinski definition) is 9. The van der Waals surface area contributed by atoms with Gasteiger partial charge in [0.1, 0.15) is 24.7 Å². The Morgan fingerprint density at radius 1 is 0.704 bits per heavy atom. The molecule has 19 heteroatoms. The second-order valence-corrected chi connectivity index (χ2v) is 11.7. The van der Waals surface area contributed by atoms with Crippen molar-refractivity contribution in [2.24, 2.45) is 33.9 Å². The van der Waals surface area contributed by atoms with Gasteiger partial charge in [-0.25, -0.2) is 28.3 Å². The van der Waals surface area contributed by atoms with Gasteiger partial charge in [0, 0.05) is 34.7 Å². The summed E-state index contributed by atoms with van der Waals surface area (Å²) in [6.45, 7) is 0.273. The normalized spacial score (nSPS) is 10.6. The van der Waals surface area contributed by atoms with Crippen molar-refractivity contribution < 1.29 is 23.5 Å². The summed E-state index contributed by atoms with van der Waals surface area (Å²) in [7, 11) is 5.69. The Hall–Kier alpha value is -6.50. The first kappa shape index (κ1) is 41.9. The fourth-order valence-corrected chi connectivity index (χ4v) is 5.28. The average Bonchev–Trinajstić information content (AvgIpc) is 3.75. The number of nitrogens with zero attached hydrogens (tertiary/aromatic N) is 8. The molecule has 54 heavy (non-hydrogen) atoms. The smallest absolute Gasteiger partial charge is 0.332 e. The molecule has 4 N–H and O–H groups in total. The molecule has 0 saturated carbocycles. The van der Waals surface area contributed by atoms with Crippen LogP contribution >= 0.6 is 0 Å². The summed E-state index contributed by atoms with van der Waals surface area (Å²) in [4.78, 5) is 78.4. The van der Waals surface area contributed by atoms with Crippen molar-refractivity contribution in [1.82, 2.24) is 42.7 Å². The van der Waals surface area contributed by atoms with Crippen LogP contribution in [0.25, 0.3) is 22.3 Å². The van der Waals surface area contributed by atoms with E-state index in [1.165, 1.54) is 71.2 Å². The largest absolute Gasteiger partial charge is 0.480 e. The van der Waals surface area contributed by atoms with Gasteiger partial charge in [-0.15, -0.1) is 0 Å². The minimum absolute atomic E-state index is 0. The molecular weight excluding hydrogens is 710 g/mol. The number of carbonyl (C=O) groups is 2. The number of fused-ring (bicyclic) bond motifs is 2. The van der Waals surface area contributed by atoms with E-state index in [4.69, 9.17) is 10.8 Å². The number of carboxylic acid groups (broad SMARTS) is 1. The minimum Gasteiger partial charge on any atom is -0.480 e. The molecule has 0 saturated heterocycles. The highest BCUT2D eigenvalue weighted by molar-refractivity contribution is 5.79. The van der Waals surface area contributed by atoms with Crippen LogP contribution in [0.5, 0.6) is 0 Å². The highest BCUT2D eigenvalue weighted by atomic mass is 19.1. The van der Waals surface area contributed by atoms with Crippen LogP contribution in [0.3, 0.4) is 0 Å². The van der Waals surface area contributed by atoms with Gasteiger partial charge < -0.3 is 25.3 Å². The third-order valence-electron chi connectivity index (χ3n) is 8.10. The molecule has 0 aliphatic heterocycles. The lowest BCUT2D eigenvalue weighted by Crippen LogP contribution is -2.38. The van der Waals surface area contributed by atoms with Crippen molar-refractivity contribution in [2.45, 2.75) is 33.4 Å². The van der Waals surface area contributed by atoms with Crippen LogP contribution in [0.15, 0.2) is 80.4 Å². The molecule has 2 aromatic carbocycles. The fraction of sp³-hybridized carbons (Fsp3) is 0.314. The van der Waals surface area contributed by atoms with E-state index >= 15 is 0 Å². The zero-order valence-electron chi connectivity index (χ0n) is 29.3. The maximum absolute atomic E-state index is 13.6. The van der Waals surface area contributed by atoms with Gasteiger partial charge in [0.2, 0.25) is 5.91 Å². The Bertz CT molecular complexity index is 2530. The lowest BCUT2D eigenvalue weighted by atomic mass is 10.1. The van der Waals surface area contributed by atoms with Crippen LogP contribution in [0.2, 0.25) is 0 Å². The number of nitrogens with one attached hydrogen (secondary N) is 1. The third-order valence-corrected chi connectivity index (χ3v) is 8.10. The number of imidazole rings is 2. The molecule has 0 aliphatic carbocycles. The van der Waals surface area contributed by atoms with E-state index in [9.17, 15) is 37.5 Å². The van der Waals surface area contributed by atoms with Gasteiger partial charge >= 0.3 is 17.3 Å². The predicted octanol–water partition coefficient (Wildman–Crippen LogP) is 0.413. The number of halogens is 2. The summed E-state index contributed by atoms with van der Waals surface area (Å²) in [5, 5.41) is 11.4. The molecule has 0 atom stereocenters. The van der Waals surface area contributed by atoms with E-state index in [1.807, 2.05) is 6.07 Å². The third kappa shape index (κ3) is 9.29. The molecular formula is C35H42F2N10O7. The van der Waals surface area contributed by atoms with E-state index < -0.39 is 28.5 Å². The summed E-state index contributed by atoms with van der Waals surface area (Å²) in [6.07, 6.45) is 3.56. The van der Waals surface area contributed by atoms with Gasteiger partial charge in [0.15, 0.2) is 22.3 Å².